The van der Waals surface area contributed by atoms with E-state index in [0.29, 0.717) is 26.2 Å². The van der Waals surface area contributed by atoms with E-state index < -0.39 is 85.4 Å². The molecular weight excluding hydrogens is 644 g/mol. The minimum Gasteiger partial charge on any atom is -0.480 e. The van der Waals surface area contributed by atoms with Crippen molar-refractivity contribution >= 4 is 59.8 Å². The van der Waals surface area contributed by atoms with Crippen molar-refractivity contribution in [1.29, 1.82) is 0 Å². The van der Waals surface area contributed by atoms with Gasteiger partial charge in [0.05, 0.1) is 25.4 Å². The Balaban J connectivity index is 0.00000768. The lowest BCUT2D eigenvalue weighted by molar-refractivity contribution is -0.162. The molecule has 2 aliphatic heterocycles. The Labute approximate surface area is 277 Å². The molecule has 2 fully saturated rings. The quantitative estimate of drug-likeness (QED) is 0.231. The van der Waals surface area contributed by atoms with Gasteiger partial charge >= 0.3 is 24.0 Å². The maximum Gasteiger partial charge on any atom is 0.410 e. The number of piperazine rings is 2. The predicted octanol–water partition coefficient (Wildman–Crippen LogP) is -0.129. The summed E-state index contributed by atoms with van der Waals surface area (Å²) in [7, 11) is 1.09. The van der Waals surface area contributed by atoms with E-state index in [1.165, 1.54) is 4.90 Å². The number of carbonyl (C=O) groups is 7. The molecule has 0 saturated carbocycles. The average Bonchev–Trinajstić information content (AvgIpc) is 3.02. The standard InChI is InChI=1S/C29H40N6O11.ClH/c1-29(2,3)27(42)45-18-46-28(43)31-20(15-22(36)33-11-9-32(10-12-33)19-5-7-30-8-6-19)25(40)35-14-13-34(17-23(37)38)26(41)21(35)16-24(39)44-4;/h5-8,20-21H,9-18H2,1-4H3,(H,31,43)(H,37,38);1H. The molecule has 2 saturated heterocycles. The van der Waals surface area contributed by atoms with Crippen LogP contribution in [0.4, 0.5) is 10.5 Å². The van der Waals surface area contributed by atoms with Gasteiger partial charge in [-0.05, 0) is 32.9 Å². The number of rotatable bonds is 11. The molecule has 1 aromatic heterocycles. The largest absolute Gasteiger partial charge is 0.480 e. The number of carboxylic acid groups (broad SMARTS) is 1. The number of nitrogens with one attached hydrogen (secondary N) is 1. The first-order valence-corrected chi connectivity index (χ1v) is 14.6. The zero-order valence-corrected chi connectivity index (χ0v) is 27.5. The van der Waals surface area contributed by atoms with E-state index >= 15 is 0 Å². The minimum absolute atomic E-state index is 0. The third kappa shape index (κ3) is 11.0. The number of nitrogens with zero attached hydrogens (tertiary/aromatic N) is 5. The highest BCUT2D eigenvalue weighted by Crippen LogP contribution is 2.20. The average molecular weight is 685 g/mol. The topological polar surface area (TPSA) is 205 Å². The molecule has 0 aliphatic carbocycles. The van der Waals surface area contributed by atoms with Gasteiger partial charge in [-0.15, -0.1) is 12.4 Å². The zero-order valence-electron chi connectivity index (χ0n) is 26.7. The van der Waals surface area contributed by atoms with Crippen LogP contribution in [0.25, 0.3) is 0 Å². The van der Waals surface area contributed by atoms with Crippen LogP contribution in [0.5, 0.6) is 0 Å². The molecule has 0 bridgehead atoms. The van der Waals surface area contributed by atoms with Gasteiger partial charge in [-0.2, -0.15) is 0 Å². The third-order valence-corrected chi connectivity index (χ3v) is 7.40. The third-order valence-electron chi connectivity index (χ3n) is 7.40. The number of hydrogen-bond donors (Lipinski definition) is 2. The lowest BCUT2D eigenvalue weighted by Crippen LogP contribution is -2.63. The Kier molecular flexibility index (Phi) is 14.2. The van der Waals surface area contributed by atoms with Crippen molar-refractivity contribution in [2.45, 2.75) is 45.7 Å². The number of alkyl carbamates (subject to hydrolysis) is 1. The number of methoxy groups -OCH3 is 1. The van der Waals surface area contributed by atoms with Crippen molar-refractivity contribution in [3.05, 3.63) is 24.5 Å². The first-order valence-electron chi connectivity index (χ1n) is 14.6. The number of aliphatic carboxylic acids is 1. The van der Waals surface area contributed by atoms with Crippen LogP contribution in [0, 0.1) is 5.41 Å². The fraction of sp³-hybridized carbons (Fsp3) is 0.586. The number of amides is 4. The molecule has 0 radical (unpaired) electrons. The van der Waals surface area contributed by atoms with E-state index in [2.05, 4.69) is 19.9 Å². The van der Waals surface area contributed by atoms with Crippen molar-refractivity contribution < 1.29 is 52.9 Å². The van der Waals surface area contributed by atoms with Gasteiger partial charge in [0.15, 0.2) is 0 Å². The van der Waals surface area contributed by atoms with Crippen LogP contribution in [-0.2, 0) is 43.0 Å². The van der Waals surface area contributed by atoms with Crippen LogP contribution in [0.1, 0.15) is 33.6 Å². The molecule has 3 heterocycles. The van der Waals surface area contributed by atoms with Gasteiger partial charge in [-0.25, -0.2) is 4.79 Å². The molecule has 260 valence electrons. The summed E-state index contributed by atoms with van der Waals surface area (Å²) in [5.74, 6) is -4.90. The number of ether oxygens (including phenoxy) is 3. The van der Waals surface area contributed by atoms with E-state index in [9.17, 15) is 38.7 Å². The van der Waals surface area contributed by atoms with Crippen molar-refractivity contribution in [3.8, 4) is 0 Å². The summed E-state index contributed by atoms with van der Waals surface area (Å²) in [5.41, 5.74) is 0.0750. The molecule has 2 N–H and O–H groups in total. The van der Waals surface area contributed by atoms with Gasteiger partial charge in [0.1, 0.15) is 18.6 Å². The fourth-order valence-electron chi connectivity index (χ4n) is 4.87. The minimum atomic E-state index is -1.55. The first kappa shape index (κ1) is 38.5. The number of pyridine rings is 1. The lowest BCUT2D eigenvalue weighted by Gasteiger charge is -2.41. The zero-order chi connectivity index (χ0) is 34.0. The van der Waals surface area contributed by atoms with E-state index in [1.807, 2.05) is 12.1 Å². The maximum atomic E-state index is 13.9. The summed E-state index contributed by atoms with van der Waals surface area (Å²) in [6.45, 7) is 4.72. The molecule has 3 rings (SSSR count). The van der Waals surface area contributed by atoms with Gasteiger partial charge in [-0.3, -0.25) is 33.8 Å². The van der Waals surface area contributed by atoms with Gasteiger partial charge in [-0.1, -0.05) is 0 Å². The Morgan fingerprint density at radius 3 is 2.21 bits per heavy atom. The van der Waals surface area contributed by atoms with Crippen LogP contribution < -0.4 is 10.2 Å². The summed E-state index contributed by atoms with van der Waals surface area (Å²) in [5, 5.41) is 11.5. The van der Waals surface area contributed by atoms with Crippen molar-refractivity contribution in [1.82, 2.24) is 25.0 Å². The molecule has 18 heteroatoms. The Hall–Kier alpha value is -4.67. The molecule has 0 aromatic carbocycles. The van der Waals surface area contributed by atoms with Gasteiger partial charge < -0.3 is 44.2 Å². The number of carboxylic acids is 1. The smallest absolute Gasteiger partial charge is 0.410 e. The van der Waals surface area contributed by atoms with E-state index in [0.717, 1.165) is 22.6 Å². The molecule has 2 unspecified atom stereocenters. The molecule has 0 spiro atoms. The summed E-state index contributed by atoms with van der Waals surface area (Å²) < 4.78 is 14.6. The van der Waals surface area contributed by atoms with E-state index in [-0.39, 0.29) is 25.5 Å². The number of aromatic nitrogens is 1. The van der Waals surface area contributed by atoms with Gasteiger partial charge in [0.2, 0.25) is 24.5 Å². The molecule has 1 aromatic rings. The highest BCUT2D eigenvalue weighted by molar-refractivity contribution is 5.97. The molecule has 17 nitrogen and oxygen atoms in total. The van der Waals surface area contributed by atoms with Crippen LogP contribution in [0.3, 0.4) is 0 Å². The number of anilines is 1. The number of halogens is 1. The molecule has 4 amide bonds. The van der Waals surface area contributed by atoms with Gasteiger partial charge in [0.25, 0.3) is 0 Å². The Morgan fingerprint density at radius 2 is 1.64 bits per heavy atom. The van der Waals surface area contributed by atoms with Crippen molar-refractivity contribution in [2.24, 2.45) is 5.41 Å². The second kappa shape index (κ2) is 17.3. The highest BCUT2D eigenvalue weighted by Gasteiger charge is 2.43. The molecule has 47 heavy (non-hydrogen) atoms. The van der Waals surface area contributed by atoms with Crippen LogP contribution >= 0.6 is 12.4 Å². The highest BCUT2D eigenvalue weighted by atomic mass is 35.5. The molecular formula is C29H41ClN6O11. The van der Waals surface area contributed by atoms with Crippen LogP contribution in [0.15, 0.2) is 24.5 Å². The molecule has 2 atom stereocenters. The summed E-state index contributed by atoms with van der Waals surface area (Å²) in [4.78, 5) is 98.4. The van der Waals surface area contributed by atoms with E-state index in [4.69, 9.17) is 9.47 Å². The maximum absolute atomic E-state index is 13.9. The fourth-order valence-corrected chi connectivity index (χ4v) is 4.87. The van der Waals surface area contributed by atoms with Crippen molar-refractivity contribution in [2.75, 3.05) is 64.6 Å². The number of carbonyl (C=O) groups excluding carboxylic acids is 6. The first-order chi connectivity index (χ1) is 21.7. The lowest BCUT2D eigenvalue weighted by atomic mass is 9.98. The number of hydrogen-bond acceptors (Lipinski definition) is 12. The summed E-state index contributed by atoms with van der Waals surface area (Å²) >= 11 is 0. The van der Waals surface area contributed by atoms with Crippen molar-refractivity contribution in [3.63, 3.8) is 0 Å². The van der Waals surface area contributed by atoms with E-state index in [1.54, 1.807) is 33.2 Å². The van der Waals surface area contributed by atoms with Crippen LogP contribution in [0.2, 0.25) is 0 Å². The SMILES string of the molecule is COC(=O)CC1C(=O)N(CC(=O)O)CCN1C(=O)C(CC(=O)N1CCN(c2ccncc2)CC1)NC(=O)OCOC(=O)C(C)(C)C.Cl. The van der Waals surface area contributed by atoms with Gasteiger partial charge in [0, 0.05) is 57.3 Å². The summed E-state index contributed by atoms with van der Waals surface area (Å²) in [6, 6.07) is 0.710. The summed E-state index contributed by atoms with van der Waals surface area (Å²) in [6.07, 6.45) is 1.06. The number of esters is 2. The second-order valence-electron chi connectivity index (χ2n) is 11.7. The van der Waals surface area contributed by atoms with Crippen LogP contribution in [-0.4, -0.2) is 138 Å². The predicted molar refractivity (Wildman–Crippen MR) is 165 cm³/mol. The monoisotopic (exact) mass is 684 g/mol. The normalized spacial score (nSPS) is 17.2. The molecule has 2 aliphatic rings. The Morgan fingerprint density at radius 1 is 1.00 bits per heavy atom. The Bertz CT molecular complexity index is 1300. The second-order valence-corrected chi connectivity index (χ2v) is 11.7.